The summed E-state index contributed by atoms with van der Waals surface area (Å²) in [5.41, 5.74) is 0.960. The van der Waals surface area contributed by atoms with Crippen molar-refractivity contribution in [2.75, 3.05) is 17.7 Å². The fraction of sp³-hybridized carbons (Fsp3) is 0.176. The van der Waals surface area contributed by atoms with Crippen LogP contribution < -0.4 is 5.32 Å². The van der Waals surface area contributed by atoms with Gasteiger partial charge in [-0.3, -0.25) is 9.59 Å². The van der Waals surface area contributed by atoms with Gasteiger partial charge in [-0.25, -0.2) is 4.39 Å². The van der Waals surface area contributed by atoms with Crippen molar-refractivity contribution < 1.29 is 18.7 Å². The van der Waals surface area contributed by atoms with E-state index >= 15 is 0 Å². The van der Waals surface area contributed by atoms with Gasteiger partial charge in [0.15, 0.2) is 6.61 Å². The molecule has 0 atom stereocenters. The van der Waals surface area contributed by atoms with Crippen LogP contribution in [0.5, 0.6) is 0 Å². The Hall–Kier alpha value is -1.76. The molecule has 1 amide bonds. The van der Waals surface area contributed by atoms with Crippen LogP contribution in [0.3, 0.4) is 0 Å². The fourth-order valence-electron chi connectivity index (χ4n) is 1.82. The van der Waals surface area contributed by atoms with Gasteiger partial charge in [-0.15, -0.1) is 11.8 Å². The number of esters is 1. The van der Waals surface area contributed by atoms with Crippen LogP contribution in [-0.2, 0) is 20.1 Å². The molecule has 0 radical (unpaired) electrons. The maximum Gasteiger partial charge on any atom is 0.316 e. The molecule has 4 nitrogen and oxygen atoms in total. The van der Waals surface area contributed by atoms with E-state index in [4.69, 9.17) is 27.9 Å². The highest BCUT2D eigenvalue weighted by Crippen LogP contribution is 2.24. The molecular formula is C17H14Cl2FNO3S. The number of anilines is 1. The largest absolute Gasteiger partial charge is 0.455 e. The summed E-state index contributed by atoms with van der Waals surface area (Å²) in [6.07, 6.45) is 0. The molecule has 0 bridgehead atoms. The fourth-order valence-corrected chi connectivity index (χ4v) is 2.91. The van der Waals surface area contributed by atoms with Crippen LogP contribution in [0.1, 0.15) is 5.56 Å². The Balaban J connectivity index is 1.69. The van der Waals surface area contributed by atoms with Crippen molar-refractivity contribution >= 4 is 52.5 Å². The normalized spacial score (nSPS) is 10.4. The molecule has 0 spiro atoms. The molecule has 0 aliphatic carbocycles. The molecule has 2 aromatic carbocycles. The Morgan fingerprint density at radius 1 is 1.12 bits per heavy atom. The van der Waals surface area contributed by atoms with Crippen LogP contribution >= 0.6 is 35.0 Å². The van der Waals surface area contributed by atoms with E-state index in [1.807, 2.05) is 6.07 Å². The van der Waals surface area contributed by atoms with E-state index in [2.05, 4.69) is 5.32 Å². The maximum atomic E-state index is 13.4. The molecule has 2 rings (SSSR count). The molecule has 0 heterocycles. The number of ether oxygens (including phenoxy) is 1. The Kier molecular flexibility index (Phi) is 7.55. The van der Waals surface area contributed by atoms with Gasteiger partial charge >= 0.3 is 5.97 Å². The SMILES string of the molecule is O=C(COC(=O)CSCc1ccc(Cl)c(Cl)c1)Nc1ccccc1F. The molecule has 132 valence electrons. The third-order valence-electron chi connectivity index (χ3n) is 2.98. The quantitative estimate of drug-likeness (QED) is 0.691. The van der Waals surface area contributed by atoms with E-state index in [-0.39, 0.29) is 11.4 Å². The van der Waals surface area contributed by atoms with Crippen LogP contribution in [0.25, 0.3) is 0 Å². The number of carbonyl (C=O) groups excluding carboxylic acids is 2. The summed E-state index contributed by atoms with van der Waals surface area (Å²) in [6.45, 7) is -0.472. The van der Waals surface area contributed by atoms with Gasteiger partial charge in [-0.2, -0.15) is 0 Å². The molecule has 0 fully saturated rings. The molecule has 0 unspecified atom stereocenters. The summed E-state index contributed by atoms with van der Waals surface area (Å²) >= 11 is 13.1. The van der Waals surface area contributed by atoms with Crippen molar-refractivity contribution in [2.24, 2.45) is 0 Å². The Morgan fingerprint density at radius 3 is 2.60 bits per heavy atom. The second-order valence-corrected chi connectivity index (χ2v) is 6.73. The molecule has 0 aliphatic heterocycles. The molecule has 1 N–H and O–H groups in total. The summed E-state index contributed by atoms with van der Waals surface area (Å²) in [6, 6.07) is 11.0. The van der Waals surface area contributed by atoms with Gasteiger partial charge in [-0.05, 0) is 29.8 Å². The molecular weight excluding hydrogens is 388 g/mol. The first-order valence-corrected chi connectivity index (χ1v) is 9.08. The number of benzene rings is 2. The molecule has 0 saturated carbocycles. The van der Waals surface area contributed by atoms with Crippen molar-refractivity contribution in [2.45, 2.75) is 5.75 Å². The predicted octanol–water partition coefficient (Wildman–Crippen LogP) is 4.55. The minimum Gasteiger partial charge on any atom is -0.455 e. The van der Waals surface area contributed by atoms with Gasteiger partial charge in [0.25, 0.3) is 5.91 Å². The maximum absolute atomic E-state index is 13.4. The van der Waals surface area contributed by atoms with Gasteiger partial charge in [0.1, 0.15) is 5.82 Å². The average molecular weight is 402 g/mol. The van der Waals surface area contributed by atoms with Gasteiger partial charge < -0.3 is 10.1 Å². The van der Waals surface area contributed by atoms with E-state index in [1.54, 1.807) is 18.2 Å². The summed E-state index contributed by atoms with van der Waals surface area (Å²) in [5.74, 6) is -1.07. The van der Waals surface area contributed by atoms with Crippen LogP contribution in [0.15, 0.2) is 42.5 Å². The summed E-state index contributed by atoms with van der Waals surface area (Å²) in [4.78, 5) is 23.3. The number of para-hydroxylation sites is 1. The first kappa shape index (κ1) is 19.6. The van der Waals surface area contributed by atoms with Gasteiger partial charge in [0.2, 0.25) is 0 Å². The number of amides is 1. The summed E-state index contributed by atoms with van der Waals surface area (Å²) < 4.78 is 18.2. The molecule has 0 aromatic heterocycles. The highest BCUT2D eigenvalue weighted by atomic mass is 35.5. The predicted molar refractivity (Wildman–Crippen MR) is 98.6 cm³/mol. The molecule has 25 heavy (non-hydrogen) atoms. The topological polar surface area (TPSA) is 55.4 Å². The van der Waals surface area contributed by atoms with E-state index < -0.39 is 24.3 Å². The lowest BCUT2D eigenvalue weighted by Crippen LogP contribution is -2.22. The minimum atomic E-state index is -0.604. The highest BCUT2D eigenvalue weighted by Gasteiger charge is 2.10. The zero-order chi connectivity index (χ0) is 18.2. The third-order valence-corrected chi connectivity index (χ3v) is 4.70. The molecule has 0 aliphatic rings. The number of thioether (sulfide) groups is 1. The third kappa shape index (κ3) is 6.57. The van der Waals surface area contributed by atoms with Crippen molar-refractivity contribution in [1.29, 1.82) is 0 Å². The standard InChI is InChI=1S/C17H14Cl2FNO3S/c18-12-6-5-11(7-13(12)19)9-25-10-17(23)24-8-16(22)21-15-4-2-1-3-14(15)20/h1-7H,8-10H2,(H,21,22). The monoisotopic (exact) mass is 401 g/mol. The lowest BCUT2D eigenvalue weighted by molar-refractivity contribution is -0.144. The van der Waals surface area contributed by atoms with Crippen molar-refractivity contribution in [3.05, 3.63) is 63.9 Å². The second-order valence-electron chi connectivity index (χ2n) is 4.93. The average Bonchev–Trinajstić information content (AvgIpc) is 2.58. The number of nitrogens with one attached hydrogen (secondary N) is 1. The highest BCUT2D eigenvalue weighted by molar-refractivity contribution is 7.99. The summed E-state index contributed by atoms with van der Waals surface area (Å²) in [5, 5.41) is 3.25. The lowest BCUT2D eigenvalue weighted by atomic mass is 10.2. The van der Waals surface area contributed by atoms with Crippen LogP contribution in [0.4, 0.5) is 10.1 Å². The van der Waals surface area contributed by atoms with E-state index in [1.165, 1.54) is 30.0 Å². The smallest absolute Gasteiger partial charge is 0.316 e. The first-order valence-electron chi connectivity index (χ1n) is 7.17. The molecule has 0 saturated heterocycles. The van der Waals surface area contributed by atoms with Crippen LogP contribution in [-0.4, -0.2) is 24.2 Å². The number of hydrogen-bond acceptors (Lipinski definition) is 4. The lowest BCUT2D eigenvalue weighted by Gasteiger charge is -2.07. The zero-order valence-electron chi connectivity index (χ0n) is 12.9. The van der Waals surface area contributed by atoms with Crippen molar-refractivity contribution in [3.8, 4) is 0 Å². The first-order chi connectivity index (χ1) is 12.0. The molecule has 2 aromatic rings. The Morgan fingerprint density at radius 2 is 1.88 bits per heavy atom. The van der Waals surface area contributed by atoms with Gasteiger partial charge in [-0.1, -0.05) is 41.4 Å². The van der Waals surface area contributed by atoms with Crippen LogP contribution in [0, 0.1) is 5.82 Å². The van der Waals surface area contributed by atoms with Crippen molar-refractivity contribution in [1.82, 2.24) is 0 Å². The van der Waals surface area contributed by atoms with Crippen LogP contribution in [0.2, 0.25) is 10.0 Å². The van der Waals surface area contributed by atoms with Crippen molar-refractivity contribution in [3.63, 3.8) is 0 Å². The van der Waals surface area contributed by atoms with E-state index in [0.29, 0.717) is 15.8 Å². The summed E-state index contributed by atoms with van der Waals surface area (Å²) in [7, 11) is 0. The Bertz CT molecular complexity index is 773. The Labute approximate surface area is 158 Å². The van der Waals surface area contributed by atoms with E-state index in [0.717, 1.165) is 5.56 Å². The minimum absolute atomic E-state index is 0.0394. The van der Waals surface area contributed by atoms with E-state index in [9.17, 15) is 14.0 Å². The number of carbonyl (C=O) groups is 2. The second kappa shape index (κ2) is 9.65. The van der Waals surface area contributed by atoms with Gasteiger partial charge in [0.05, 0.1) is 21.5 Å². The zero-order valence-corrected chi connectivity index (χ0v) is 15.3. The number of hydrogen-bond donors (Lipinski definition) is 1. The number of halogens is 3. The van der Waals surface area contributed by atoms with Gasteiger partial charge in [0, 0.05) is 5.75 Å². The molecule has 8 heteroatoms. The number of rotatable bonds is 7.